The zero-order valence-electron chi connectivity index (χ0n) is 15.5. The summed E-state index contributed by atoms with van der Waals surface area (Å²) in [5.41, 5.74) is 1.35. The van der Waals surface area contributed by atoms with Crippen molar-refractivity contribution in [2.75, 3.05) is 40.3 Å². The van der Waals surface area contributed by atoms with Crippen LogP contribution in [0.3, 0.4) is 0 Å². The van der Waals surface area contributed by atoms with Crippen LogP contribution in [0.1, 0.15) is 42.7 Å². The van der Waals surface area contributed by atoms with E-state index in [2.05, 4.69) is 28.2 Å². The number of piperidine rings is 1. The van der Waals surface area contributed by atoms with E-state index in [4.69, 9.17) is 0 Å². The first kappa shape index (κ1) is 18.4. The minimum absolute atomic E-state index is 0.119. The van der Waals surface area contributed by atoms with Gasteiger partial charge in [0.1, 0.15) is 0 Å². The first-order chi connectivity index (χ1) is 12.0. The third-order valence-electron chi connectivity index (χ3n) is 5.54. The standard InChI is InChI=1S/C19H29N3O2S/c1-4-16-15-8-12-25-17(15)7-11-22(16)18(23)13-21-9-5-14(6-10-21)19(24)20(2)3/h8,12,14,16H,4-7,9-11,13H2,1-3H3. The second-order valence-corrected chi connectivity index (χ2v) is 8.34. The Hall–Kier alpha value is -1.40. The Morgan fingerprint density at radius 1 is 1.24 bits per heavy atom. The molecule has 1 aromatic heterocycles. The summed E-state index contributed by atoms with van der Waals surface area (Å²) < 4.78 is 0. The fourth-order valence-corrected chi connectivity index (χ4v) is 5.05. The molecule has 3 rings (SSSR count). The molecule has 0 N–H and O–H groups in total. The van der Waals surface area contributed by atoms with Crippen molar-refractivity contribution < 1.29 is 9.59 Å². The van der Waals surface area contributed by atoms with Gasteiger partial charge in [0.05, 0.1) is 12.6 Å². The van der Waals surface area contributed by atoms with E-state index in [9.17, 15) is 9.59 Å². The average Bonchev–Trinajstić information content (AvgIpc) is 3.09. The molecule has 0 aromatic carbocycles. The molecule has 1 atom stereocenters. The van der Waals surface area contributed by atoms with Crippen molar-refractivity contribution >= 4 is 23.2 Å². The second kappa shape index (κ2) is 7.87. The summed E-state index contributed by atoms with van der Waals surface area (Å²) in [6.45, 7) is 5.16. The van der Waals surface area contributed by atoms with E-state index in [1.54, 1.807) is 4.90 Å². The highest BCUT2D eigenvalue weighted by molar-refractivity contribution is 7.10. The summed E-state index contributed by atoms with van der Waals surface area (Å²) >= 11 is 1.81. The number of nitrogens with zero attached hydrogens (tertiary/aromatic N) is 3. The Bertz CT molecular complexity index is 620. The van der Waals surface area contributed by atoms with Crippen LogP contribution in [-0.4, -0.2) is 66.8 Å². The molecule has 138 valence electrons. The van der Waals surface area contributed by atoms with Crippen molar-refractivity contribution in [3.8, 4) is 0 Å². The minimum Gasteiger partial charge on any atom is -0.349 e. The van der Waals surface area contributed by atoms with Gasteiger partial charge in [-0.25, -0.2) is 0 Å². The smallest absolute Gasteiger partial charge is 0.237 e. The van der Waals surface area contributed by atoms with Crippen LogP contribution in [-0.2, 0) is 16.0 Å². The number of carbonyl (C=O) groups is 2. The van der Waals surface area contributed by atoms with Gasteiger partial charge in [-0.2, -0.15) is 0 Å². The Morgan fingerprint density at radius 2 is 1.96 bits per heavy atom. The summed E-state index contributed by atoms with van der Waals surface area (Å²) in [6.07, 6.45) is 3.66. The van der Waals surface area contributed by atoms with Crippen LogP contribution in [0.2, 0.25) is 0 Å². The summed E-state index contributed by atoms with van der Waals surface area (Å²) in [6, 6.07) is 2.42. The monoisotopic (exact) mass is 363 g/mol. The molecule has 0 saturated carbocycles. The maximum absolute atomic E-state index is 12.9. The van der Waals surface area contributed by atoms with Crippen LogP contribution in [0.15, 0.2) is 11.4 Å². The van der Waals surface area contributed by atoms with Gasteiger partial charge in [-0.05, 0) is 55.8 Å². The molecule has 0 bridgehead atoms. The number of carbonyl (C=O) groups excluding carboxylic acids is 2. The zero-order valence-corrected chi connectivity index (χ0v) is 16.3. The van der Waals surface area contributed by atoms with Crippen LogP contribution in [0, 0.1) is 5.92 Å². The number of thiophene rings is 1. The molecule has 2 amide bonds. The molecule has 0 radical (unpaired) electrons. The lowest BCUT2D eigenvalue weighted by Crippen LogP contribution is -2.47. The van der Waals surface area contributed by atoms with Crippen LogP contribution >= 0.6 is 11.3 Å². The molecule has 1 saturated heterocycles. The first-order valence-electron chi connectivity index (χ1n) is 9.30. The molecule has 2 aliphatic heterocycles. The number of likely N-dealkylation sites (tertiary alicyclic amines) is 1. The molecular formula is C19H29N3O2S. The normalized spacial score (nSPS) is 21.9. The Labute approximate surface area is 154 Å². The number of amides is 2. The van der Waals surface area contributed by atoms with Crippen LogP contribution in [0.25, 0.3) is 0 Å². The summed E-state index contributed by atoms with van der Waals surface area (Å²) in [4.78, 5) is 32.4. The maximum Gasteiger partial charge on any atom is 0.237 e. The van der Waals surface area contributed by atoms with Gasteiger partial charge in [0.2, 0.25) is 11.8 Å². The Morgan fingerprint density at radius 3 is 2.60 bits per heavy atom. The molecule has 5 nitrogen and oxygen atoms in total. The first-order valence-corrected chi connectivity index (χ1v) is 10.2. The molecule has 3 heterocycles. The minimum atomic E-state index is 0.119. The van der Waals surface area contributed by atoms with Gasteiger partial charge in [0.15, 0.2) is 0 Å². The molecule has 0 spiro atoms. The fraction of sp³-hybridized carbons (Fsp3) is 0.684. The van der Waals surface area contributed by atoms with E-state index in [1.165, 1.54) is 10.4 Å². The van der Waals surface area contributed by atoms with Gasteiger partial charge in [0.25, 0.3) is 0 Å². The topological polar surface area (TPSA) is 43.9 Å². The van der Waals surface area contributed by atoms with E-state index in [0.29, 0.717) is 6.54 Å². The molecule has 1 fully saturated rings. The van der Waals surface area contributed by atoms with E-state index in [-0.39, 0.29) is 23.8 Å². The number of hydrogen-bond donors (Lipinski definition) is 0. The van der Waals surface area contributed by atoms with Gasteiger partial charge in [-0.15, -0.1) is 11.3 Å². The van der Waals surface area contributed by atoms with Gasteiger partial charge in [-0.1, -0.05) is 6.92 Å². The van der Waals surface area contributed by atoms with Gasteiger partial charge >= 0.3 is 0 Å². The Kier molecular flexibility index (Phi) is 5.79. The fourth-order valence-electron chi connectivity index (χ4n) is 4.12. The van der Waals surface area contributed by atoms with Crippen molar-refractivity contribution in [1.82, 2.24) is 14.7 Å². The molecule has 2 aliphatic rings. The molecule has 1 unspecified atom stereocenters. The van der Waals surface area contributed by atoms with E-state index in [1.807, 2.05) is 25.4 Å². The second-order valence-electron chi connectivity index (χ2n) is 7.34. The van der Waals surface area contributed by atoms with Crippen molar-refractivity contribution in [3.05, 3.63) is 21.9 Å². The number of rotatable bonds is 4. The van der Waals surface area contributed by atoms with Gasteiger partial charge < -0.3 is 9.80 Å². The lowest BCUT2D eigenvalue weighted by atomic mass is 9.95. The SMILES string of the molecule is CCC1c2ccsc2CCN1C(=O)CN1CCC(C(=O)N(C)C)CC1. The third kappa shape index (κ3) is 3.90. The Balaban J connectivity index is 1.56. The molecule has 0 aliphatic carbocycles. The largest absolute Gasteiger partial charge is 0.349 e. The lowest BCUT2D eigenvalue weighted by molar-refractivity contribution is -0.137. The molecular weight excluding hydrogens is 334 g/mol. The molecule has 1 aromatic rings. The predicted molar refractivity (Wildman–Crippen MR) is 101 cm³/mol. The zero-order chi connectivity index (χ0) is 18.0. The highest BCUT2D eigenvalue weighted by atomic mass is 32.1. The van der Waals surface area contributed by atoms with E-state index in [0.717, 1.165) is 45.3 Å². The lowest BCUT2D eigenvalue weighted by Gasteiger charge is -2.38. The van der Waals surface area contributed by atoms with Crippen LogP contribution < -0.4 is 0 Å². The van der Waals surface area contributed by atoms with Crippen molar-refractivity contribution in [2.45, 2.75) is 38.6 Å². The maximum atomic E-state index is 12.9. The van der Waals surface area contributed by atoms with Crippen molar-refractivity contribution in [3.63, 3.8) is 0 Å². The molecule has 25 heavy (non-hydrogen) atoms. The van der Waals surface area contributed by atoms with Crippen molar-refractivity contribution in [1.29, 1.82) is 0 Å². The quantitative estimate of drug-likeness (QED) is 0.825. The summed E-state index contributed by atoms with van der Waals surface area (Å²) in [5, 5.41) is 2.15. The van der Waals surface area contributed by atoms with E-state index >= 15 is 0 Å². The highest BCUT2D eigenvalue weighted by Gasteiger charge is 2.32. The number of fused-ring (bicyclic) bond motifs is 1. The van der Waals surface area contributed by atoms with E-state index < -0.39 is 0 Å². The van der Waals surface area contributed by atoms with Crippen LogP contribution in [0.5, 0.6) is 0 Å². The molecule has 6 heteroatoms. The van der Waals surface area contributed by atoms with Gasteiger partial charge in [-0.3, -0.25) is 14.5 Å². The highest BCUT2D eigenvalue weighted by Crippen LogP contribution is 2.35. The van der Waals surface area contributed by atoms with Crippen molar-refractivity contribution in [2.24, 2.45) is 5.92 Å². The summed E-state index contributed by atoms with van der Waals surface area (Å²) in [5.74, 6) is 0.576. The summed E-state index contributed by atoms with van der Waals surface area (Å²) in [7, 11) is 3.64. The van der Waals surface area contributed by atoms with Gasteiger partial charge in [0, 0.05) is 31.4 Å². The predicted octanol–water partition coefficient (Wildman–Crippen LogP) is 2.38. The average molecular weight is 364 g/mol. The number of hydrogen-bond acceptors (Lipinski definition) is 4. The third-order valence-corrected chi connectivity index (χ3v) is 6.53. The van der Waals surface area contributed by atoms with Crippen LogP contribution in [0.4, 0.5) is 0 Å².